The van der Waals surface area contributed by atoms with Crippen LogP contribution in [0.15, 0.2) is 18.3 Å². The van der Waals surface area contributed by atoms with Crippen molar-refractivity contribution in [2.75, 3.05) is 6.54 Å². The van der Waals surface area contributed by atoms with Crippen molar-refractivity contribution < 1.29 is 4.79 Å². The number of nitrogens with two attached hydrogens (primary N) is 1. The summed E-state index contributed by atoms with van der Waals surface area (Å²) in [5.41, 5.74) is 6.10. The number of hydrogen-bond donors (Lipinski definition) is 2. The summed E-state index contributed by atoms with van der Waals surface area (Å²) >= 11 is 0. The Bertz CT molecular complexity index is 356. The standard InChI is InChI=1S/C11H16N4O/c12-8-11(4-2-5-11)10(16)13-7-9-3-1-6-14-15-9/h1,3,6H,2,4-5,7-8,12H2,(H,13,16). The van der Waals surface area contributed by atoms with Gasteiger partial charge < -0.3 is 11.1 Å². The Morgan fingerprint density at radius 2 is 2.38 bits per heavy atom. The molecule has 3 N–H and O–H groups in total. The highest BCUT2D eigenvalue weighted by molar-refractivity contribution is 5.83. The summed E-state index contributed by atoms with van der Waals surface area (Å²) in [4.78, 5) is 11.9. The Balaban J connectivity index is 1.89. The number of amides is 1. The van der Waals surface area contributed by atoms with Crippen LogP contribution >= 0.6 is 0 Å². The van der Waals surface area contributed by atoms with Crippen LogP contribution in [-0.2, 0) is 11.3 Å². The van der Waals surface area contributed by atoms with Crippen molar-refractivity contribution in [2.24, 2.45) is 11.1 Å². The predicted molar refractivity (Wildman–Crippen MR) is 59.2 cm³/mol. The molecule has 0 atom stereocenters. The molecule has 0 unspecified atom stereocenters. The zero-order chi connectivity index (χ0) is 11.4. The molecular weight excluding hydrogens is 204 g/mol. The Morgan fingerprint density at radius 1 is 1.56 bits per heavy atom. The fourth-order valence-corrected chi connectivity index (χ4v) is 1.91. The van der Waals surface area contributed by atoms with Crippen LogP contribution < -0.4 is 11.1 Å². The van der Waals surface area contributed by atoms with Crippen molar-refractivity contribution in [3.05, 3.63) is 24.0 Å². The van der Waals surface area contributed by atoms with Gasteiger partial charge in [0, 0.05) is 12.7 Å². The van der Waals surface area contributed by atoms with E-state index in [0.29, 0.717) is 13.1 Å². The Kier molecular flexibility index (Phi) is 3.14. The van der Waals surface area contributed by atoms with Gasteiger partial charge in [-0.3, -0.25) is 4.79 Å². The molecule has 0 saturated heterocycles. The van der Waals surface area contributed by atoms with Crippen molar-refractivity contribution in [3.63, 3.8) is 0 Å². The molecule has 1 aromatic rings. The molecule has 1 fully saturated rings. The van der Waals surface area contributed by atoms with Gasteiger partial charge in [0.05, 0.1) is 17.7 Å². The van der Waals surface area contributed by atoms with Gasteiger partial charge in [-0.2, -0.15) is 10.2 Å². The van der Waals surface area contributed by atoms with E-state index in [1.807, 2.05) is 6.07 Å². The molecule has 0 aromatic carbocycles. The van der Waals surface area contributed by atoms with Crippen LogP contribution in [0.5, 0.6) is 0 Å². The van der Waals surface area contributed by atoms with Gasteiger partial charge >= 0.3 is 0 Å². The van der Waals surface area contributed by atoms with Crippen LogP contribution in [0.2, 0.25) is 0 Å². The maximum absolute atomic E-state index is 11.9. The lowest BCUT2D eigenvalue weighted by atomic mass is 9.68. The van der Waals surface area contributed by atoms with Crippen molar-refractivity contribution >= 4 is 5.91 Å². The third kappa shape index (κ3) is 2.04. The van der Waals surface area contributed by atoms with Gasteiger partial charge in [-0.1, -0.05) is 6.42 Å². The Morgan fingerprint density at radius 3 is 2.88 bits per heavy atom. The molecule has 5 heteroatoms. The summed E-state index contributed by atoms with van der Waals surface area (Å²) in [7, 11) is 0. The quantitative estimate of drug-likeness (QED) is 0.760. The van der Waals surface area contributed by atoms with Crippen molar-refractivity contribution in [3.8, 4) is 0 Å². The highest BCUT2D eigenvalue weighted by Gasteiger charge is 2.42. The zero-order valence-corrected chi connectivity index (χ0v) is 9.15. The molecule has 1 aromatic heterocycles. The van der Waals surface area contributed by atoms with E-state index in [4.69, 9.17) is 5.73 Å². The molecule has 1 saturated carbocycles. The van der Waals surface area contributed by atoms with Gasteiger partial charge in [0.1, 0.15) is 0 Å². The molecule has 16 heavy (non-hydrogen) atoms. The number of aromatic nitrogens is 2. The SMILES string of the molecule is NCC1(C(=O)NCc2cccnn2)CCC1. The van der Waals surface area contributed by atoms with Crippen molar-refractivity contribution in [1.82, 2.24) is 15.5 Å². The number of carbonyl (C=O) groups is 1. The molecule has 2 rings (SSSR count). The lowest BCUT2D eigenvalue weighted by molar-refractivity contribution is -0.135. The van der Waals surface area contributed by atoms with Gasteiger partial charge in [-0.15, -0.1) is 0 Å². The average Bonchev–Trinajstić information content (AvgIpc) is 2.27. The smallest absolute Gasteiger partial charge is 0.227 e. The molecule has 0 aliphatic heterocycles. The summed E-state index contributed by atoms with van der Waals surface area (Å²) in [6.45, 7) is 0.855. The monoisotopic (exact) mass is 220 g/mol. The lowest BCUT2D eigenvalue weighted by Crippen LogP contribution is -2.50. The van der Waals surface area contributed by atoms with Crippen molar-refractivity contribution in [1.29, 1.82) is 0 Å². The number of rotatable bonds is 4. The molecule has 0 bridgehead atoms. The van der Waals surface area contributed by atoms with Crippen LogP contribution in [0.25, 0.3) is 0 Å². The molecule has 1 heterocycles. The molecule has 0 spiro atoms. The van der Waals surface area contributed by atoms with Crippen LogP contribution in [0, 0.1) is 5.41 Å². The first-order chi connectivity index (χ1) is 7.77. The first-order valence-corrected chi connectivity index (χ1v) is 5.52. The second-order valence-corrected chi connectivity index (χ2v) is 4.24. The maximum atomic E-state index is 11.9. The molecular formula is C11H16N4O. The van der Waals surface area contributed by atoms with Gasteiger partial charge in [0.25, 0.3) is 0 Å². The normalized spacial score (nSPS) is 17.6. The summed E-state index contributed by atoms with van der Waals surface area (Å²) in [6, 6.07) is 3.64. The van der Waals surface area contributed by atoms with Crippen LogP contribution in [0.4, 0.5) is 0 Å². The summed E-state index contributed by atoms with van der Waals surface area (Å²) in [5.74, 6) is 0.0481. The Hall–Kier alpha value is -1.49. The molecule has 1 aliphatic rings. The van der Waals surface area contributed by atoms with Crippen LogP contribution in [-0.4, -0.2) is 22.6 Å². The Labute approximate surface area is 94.4 Å². The zero-order valence-electron chi connectivity index (χ0n) is 9.15. The van der Waals surface area contributed by atoms with Crippen LogP contribution in [0.1, 0.15) is 25.0 Å². The highest BCUT2D eigenvalue weighted by atomic mass is 16.2. The predicted octanol–water partition coefficient (Wildman–Crippen LogP) is 0.222. The van der Waals surface area contributed by atoms with E-state index in [1.54, 1.807) is 12.3 Å². The second kappa shape index (κ2) is 4.57. The van der Waals surface area contributed by atoms with E-state index < -0.39 is 0 Å². The van der Waals surface area contributed by atoms with Gasteiger partial charge in [0.15, 0.2) is 0 Å². The summed E-state index contributed by atoms with van der Waals surface area (Å²) < 4.78 is 0. The molecule has 0 radical (unpaired) electrons. The second-order valence-electron chi connectivity index (χ2n) is 4.24. The van der Waals surface area contributed by atoms with Crippen LogP contribution in [0.3, 0.4) is 0 Å². The van der Waals surface area contributed by atoms with Gasteiger partial charge in [-0.25, -0.2) is 0 Å². The molecule has 1 aliphatic carbocycles. The maximum Gasteiger partial charge on any atom is 0.227 e. The third-order valence-electron chi connectivity index (χ3n) is 3.24. The van der Waals surface area contributed by atoms with Gasteiger partial charge in [0.2, 0.25) is 5.91 Å². The molecule has 5 nitrogen and oxygen atoms in total. The number of nitrogens with zero attached hydrogens (tertiary/aromatic N) is 2. The average molecular weight is 220 g/mol. The first kappa shape index (κ1) is 11.0. The van der Waals surface area contributed by atoms with Gasteiger partial charge in [-0.05, 0) is 25.0 Å². The van der Waals surface area contributed by atoms with Crippen molar-refractivity contribution in [2.45, 2.75) is 25.8 Å². The van der Waals surface area contributed by atoms with E-state index in [-0.39, 0.29) is 11.3 Å². The van der Waals surface area contributed by atoms with E-state index in [1.165, 1.54) is 0 Å². The summed E-state index contributed by atoms with van der Waals surface area (Å²) in [6.07, 6.45) is 4.50. The third-order valence-corrected chi connectivity index (χ3v) is 3.24. The van der Waals surface area contributed by atoms with E-state index in [9.17, 15) is 4.79 Å². The number of carbonyl (C=O) groups excluding carboxylic acids is 1. The number of hydrogen-bond acceptors (Lipinski definition) is 4. The summed E-state index contributed by atoms with van der Waals surface area (Å²) in [5, 5.41) is 10.5. The largest absolute Gasteiger partial charge is 0.350 e. The highest BCUT2D eigenvalue weighted by Crippen LogP contribution is 2.39. The fraction of sp³-hybridized carbons (Fsp3) is 0.545. The first-order valence-electron chi connectivity index (χ1n) is 5.52. The fourth-order valence-electron chi connectivity index (χ4n) is 1.91. The molecule has 86 valence electrons. The topological polar surface area (TPSA) is 80.9 Å². The number of nitrogens with one attached hydrogen (secondary N) is 1. The van der Waals surface area contributed by atoms with E-state index in [0.717, 1.165) is 25.0 Å². The van der Waals surface area contributed by atoms with E-state index in [2.05, 4.69) is 15.5 Å². The minimum atomic E-state index is -0.317. The lowest BCUT2D eigenvalue weighted by Gasteiger charge is -2.39. The minimum absolute atomic E-state index is 0.0481. The molecule has 1 amide bonds. The van der Waals surface area contributed by atoms with E-state index >= 15 is 0 Å². The minimum Gasteiger partial charge on any atom is -0.350 e.